The third kappa shape index (κ3) is 7.58. The number of hydrogen-bond acceptors (Lipinski definition) is 3. The van der Waals surface area contributed by atoms with Crippen LogP contribution in [0.25, 0.3) is 0 Å². The monoisotopic (exact) mass is 408 g/mol. The molecule has 0 amide bonds. The molecule has 2 rings (SSSR count). The van der Waals surface area contributed by atoms with Crippen LogP contribution in [0, 0.1) is 0 Å². The highest BCUT2D eigenvalue weighted by Crippen LogP contribution is 2.11. The number of sulfonamides is 1. The number of halogens is 1. The molecular weight excluding hydrogens is 384 g/mol. The van der Waals surface area contributed by atoms with E-state index in [1.807, 2.05) is 55.5 Å². The molecule has 3 N–H and O–H groups in total. The van der Waals surface area contributed by atoms with Crippen molar-refractivity contribution in [3.05, 3.63) is 70.2 Å². The Hall–Kier alpha value is -2.09. The summed E-state index contributed by atoms with van der Waals surface area (Å²) in [5, 5.41) is 7.18. The second-order valence-corrected chi connectivity index (χ2v) is 8.32. The van der Waals surface area contributed by atoms with Gasteiger partial charge in [0.1, 0.15) is 0 Å². The van der Waals surface area contributed by atoms with Gasteiger partial charge in [-0.15, -0.1) is 0 Å². The smallest absolute Gasteiger partial charge is 0.215 e. The van der Waals surface area contributed by atoms with Gasteiger partial charge < -0.3 is 10.6 Å². The third-order valence-electron chi connectivity index (χ3n) is 3.80. The molecule has 0 bridgehead atoms. The van der Waals surface area contributed by atoms with Gasteiger partial charge in [-0.05, 0) is 42.8 Å². The fraction of sp³-hybridized carbons (Fsp3) is 0.316. The Kier molecular flexibility index (Phi) is 8.09. The number of benzene rings is 2. The molecule has 27 heavy (non-hydrogen) atoms. The molecule has 0 fully saturated rings. The molecule has 146 valence electrons. The predicted molar refractivity (Wildman–Crippen MR) is 111 cm³/mol. The maximum atomic E-state index is 11.6. The lowest BCUT2D eigenvalue weighted by Gasteiger charge is -2.12. The third-order valence-corrected chi connectivity index (χ3v) is 5.37. The van der Waals surface area contributed by atoms with Crippen molar-refractivity contribution < 1.29 is 8.42 Å². The van der Waals surface area contributed by atoms with Crippen molar-refractivity contribution in [2.75, 3.05) is 13.6 Å². The molecular formula is C19H25ClN4O2S. The second kappa shape index (κ2) is 10.3. The molecule has 0 heterocycles. The summed E-state index contributed by atoms with van der Waals surface area (Å²) in [6.07, 6.45) is 0. The van der Waals surface area contributed by atoms with Crippen molar-refractivity contribution >= 4 is 27.6 Å². The van der Waals surface area contributed by atoms with Crippen LogP contribution >= 0.6 is 11.6 Å². The van der Waals surface area contributed by atoms with E-state index in [0.29, 0.717) is 24.1 Å². The van der Waals surface area contributed by atoms with Gasteiger partial charge in [-0.1, -0.05) is 48.0 Å². The lowest BCUT2D eigenvalue weighted by molar-refractivity contribution is 0.587. The van der Waals surface area contributed by atoms with E-state index in [9.17, 15) is 8.42 Å². The molecule has 0 aliphatic heterocycles. The highest BCUT2D eigenvalue weighted by atomic mass is 35.5. The molecule has 8 heteroatoms. The van der Waals surface area contributed by atoms with Crippen molar-refractivity contribution in [1.29, 1.82) is 0 Å². The van der Waals surface area contributed by atoms with Crippen LogP contribution < -0.4 is 15.4 Å². The quantitative estimate of drug-likeness (QED) is 0.463. The maximum Gasteiger partial charge on any atom is 0.215 e. The van der Waals surface area contributed by atoms with E-state index in [0.717, 1.165) is 23.2 Å². The summed E-state index contributed by atoms with van der Waals surface area (Å²) in [5.41, 5.74) is 2.82. The zero-order chi connectivity index (χ0) is 19.7. The molecule has 6 nitrogen and oxygen atoms in total. The predicted octanol–water partition coefficient (Wildman–Crippen LogP) is 2.64. The van der Waals surface area contributed by atoms with E-state index in [4.69, 9.17) is 11.6 Å². The molecule has 0 aliphatic carbocycles. The largest absolute Gasteiger partial charge is 0.357 e. The van der Waals surface area contributed by atoms with Crippen LogP contribution in [0.1, 0.15) is 23.6 Å². The zero-order valence-corrected chi connectivity index (χ0v) is 17.1. The lowest BCUT2D eigenvalue weighted by Crippen LogP contribution is -2.36. The molecule has 0 saturated carbocycles. The van der Waals surface area contributed by atoms with E-state index in [1.54, 1.807) is 0 Å². The molecule has 0 atom stereocenters. The molecule has 0 aliphatic rings. The van der Waals surface area contributed by atoms with Gasteiger partial charge in [0.15, 0.2) is 5.96 Å². The summed E-state index contributed by atoms with van der Waals surface area (Å²) in [6, 6.07) is 15.1. The number of nitrogens with zero attached hydrogens (tertiary/aromatic N) is 1. The number of rotatable bonds is 8. The first-order chi connectivity index (χ1) is 12.9. The molecule has 0 aromatic heterocycles. The average molecular weight is 409 g/mol. The van der Waals surface area contributed by atoms with Crippen LogP contribution in [0.15, 0.2) is 53.5 Å². The first kappa shape index (κ1) is 21.2. The van der Waals surface area contributed by atoms with Crippen LogP contribution in [0.5, 0.6) is 0 Å². The van der Waals surface area contributed by atoms with Crippen molar-refractivity contribution in [1.82, 2.24) is 15.4 Å². The fourth-order valence-corrected chi connectivity index (χ4v) is 3.37. The zero-order valence-electron chi connectivity index (χ0n) is 15.5. The van der Waals surface area contributed by atoms with Gasteiger partial charge in [0.25, 0.3) is 0 Å². The SMILES string of the molecule is CCNC(=NCc1cccc(Cl)c1)NCc1ccc(CS(=O)(=O)NC)cc1. The molecule has 0 spiro atoms. The number of hydrogen-bond donors (Lipinski definition) is 3. The van der Waals surface area contributed by atoms with Crippen molar-refractivity contribution in [3.8, 4) is 0 Å². The summed E-state index contributed by atoms with van der Waals surface area (Å²) in [4.78, 5) is 4.57. The van der Waals surface area contributed by atoms with Gasteiger partial charge in [-0.25, -0.2) is 18.1 Å². The minimum atomic E-state index is -3.26. The maximum absolute atomic E-state index is 11.6. The number of nitrogens with one attached hydrogen (secondary N) is 3. The van der Waals surface area contributed by atoms with Gasteiger partial charge in [-0.2, -0.15) is 0 Å². The normalized spacial score (nSPS) is 12.0. The Morgan fingerprint density at radius 1 is 1.04 bits per heavy atom. The number of guanidine groups is 1. The summed E-state index contributed by atoms with van der Waals surface area (Å²) < 4.78 is 25.5. The summed E-state index contributed by atoms with van der Waals surface area (Å²) in [6.45, 7) is 3.87. The highest BCUT2D eigenvalue weighted by Gasteiger charge is 2.08. The summed E-state index contributed by atoms with van der Waals surface area (Å²) >= 11 is 6.00. The van der Waals surface area contributed by atoms with Crippen molar-refractivity contribution in [2.24, 2.45) is 4.99 Å². The van der Waals surface area contributed by atoms with Gasteiger partial charge in [0, 0.05) is 18.1 Å². The van der Waals surface area contributed by atoms with Crippen molar-refractivity contribution in [3.63, 3.8) is 0 Å². The Bertz CT molecular complexity index is 868. The molecule has 0 unspecified atom stereocenters. The topological polar surface area (TPSA) is 82.6 Å². The van der Waals surface area contributed by atoms with E-state index in [-0.39, 0.29) is 5.75 Å². The Labute approximate surface area is 166 Å². The molecule has 2 aromatic rings. The van der Waals surface area contributed by atoms with E-state index in [1.165, 1.54) is 7.05 Å². The summed E-state index contributed by atoms with van der Waals surface area (Å²) in [5.74, 6) is 0.681. The van der Waals surface area contributed by atoms with Crippen LogP contribution in [-0.2, 0) is 28.9 Å². The van der Waals surface area contributed by atoms with E-state index >= 15 is 0 Å². The lowest BCUT2D eigenvalue weighted by atomic mass is 10.1. The average Bonchev–Trinajstić information content (AvgIpc) is 2.65. The standard InChI is InChI=1S/C19H25ClN4O2S/c1-3-22-19(24-13-17-5-4-6-18(20)11-17)23-12-15-7-9-16(10-8-15)14-27(25,26)21-2/h4-11,21H,3,12-14H2,1-2H3,(H2,22,23,24). The van der Waals surface area contributed by atoms with Crippen LogP contribution in [0.2, 0.25) is 5.02 Å². The number of aliphatic imine (C=N–C) groups is 1. The van der Waals surface area contributed by atoms with Gasteiger partial charge in [0.2, 0.25) is 10.0 Å². The van der Waals surface area contributed by atoms with Gasteiger partial charge >= 0.3 is 0 Å². The molecule has 2 aromatic carbocycles. The fourth-order valence-electron chi connectivity index (χ4n) is 2.38. The Morgan fingerprint density at radius 2 is 1.74 bits per heavy atom. The Balaban J connectivity index is 1.95. The van der Waals surface area contributed by atoms with Crippen molar-refractivity contribution in [2.45, 2.75) is 25.8 Å². The van der Waals surface area contributed by atoms with Gasteiger partial charge in [0.05, 0.1) is 12.3 Å². The highest BCUT2D eigenvalue weighted by molar-refractivity contribution is 7.88. The first-order valence-corrected chi connectivity index (χ1v) is 10.7. The van der Waals surface area contributed by atoms with Crippen LogP contribution in [-0.4, -0.2) is 28.0 Å². The van der Waals surface area contributed by atoms with E-state index in [2.05, 4.69) is 20.3 Å². The molecule has 0 saturated heterocycles. The van der Waals surface area contributed by atoms with Crippen LogP contribution in [0.3, 0.4) is 0 Å². The molecule has 0 radical (unpaired) electrons. The van der Waals surface area contributed by atoms with E-state index < -0.39 is 10.0 Å². The first-order valence-electron chi connectivity index (χ1n) is 8.67. The van der Waals surface area contributed by atoms with Gasteiger partial charge in [-0.3, -0.25) is 0 Å². The second-order valence-electron chi connectivity index (χ2n) is 5.96. The minimum absolute atomic E-state index is 0.0268. The minimum Gasteiger partial charge on any atom is -0.357 e. The summed E-state index contributed by atoms with van der Waals surface area (Å²) in [7, 11) is -1.84. The Morgan fingerprint density at radius 3 is 2.37 bits per heavy atom. The van der Waals surface area contributed by atoms with Crippen LogP contribution in [0.4, 0.5) is 0 Å².